The van der Waals surface area contributed by atoms with Crippen molar-refractivity contribution in [1.29, 1.82) is 0 Å². The number of hydrogen-bond acceptors (Lipinski definition) is 5. The molecule has 2 fully saturated rings. The number of likely N-dealkylation sites (tertiary alicyclic amines) is 2. The van der Waals surface area contributed by atoms with E-state index in [4.69, 9.17) is 0 Å². The maximum Gasteiger partial charge on any atom is 0.236 e. The number of amides is 1. The molecule has 140 valence electrons. The first-order valence-electron chi connectivity index (χ1n) is 9.57. The monoisotopic (exact) mass is 348 g/mol. The minimum Gasteiger partial charge on any atom is -0.342 e. The van der Waals surface area contributed by atoms with Crippen LogP contribution in [0.4, 0.5) is 0 Å². The third kappa shape index (κ3) is 4.58. The summed E-state index contributed by atoms with van der Waals surface area (Å²) in [4.78, 5) is 18.6. The van der Waals surface area contributed by atoms with Gasteiger partial charge in [0.05, 0.1) is 13.1 Å². The second kappa shape index (κ2) is 8.27. The third-order valence-electron chi connectivity index (χ3n) is 5.48. The topological polar surface area (TPSA) is 57.5 Å². The molecule has 1 aromatic heterocycles. The molecule has 0 N–H and O–H groups in total. The van der Waals surface area contributed by atoms with Gasteiger partial charge >= 0.3 is 0 Å². The molecular weight excluding hydrogens is 316 g/mol. The van der Waals surface area contributed by atoms with E-state index in [1.165, 1.54) is 32.4 Å². The van der Waals surface area contributed by atoms with Gasteiger partial charge in [-0.25, -0.2) is 0 Å². The minimum atomic E-state index is 0.229. The van der Waals surface area contributed by atoms with Gasteiger partial charge in [-0.1, -0.05) is 6.42 Å². The highest BCUT2D eigenvalue weighted by Crippen LogP contribution is 2.27. The number of likely N-dealkylation sites (N-methyl/N-ethyl adjacent to an activating group) is 1. The summed E-state index contributed by atoms with van der Waals surface area (Å²) in [5.41, 5.74) is 0. The fourth-order valence-corrected chi connectivity index (χ4v) is 3.94. The van der Waals surface area contributed by atoms with Crippen LogP contribution in [-0.4, -0.2) is 82.2 Å². The van der Waals surface area contributed by atoms with E-state index in [2.05, 4.69) is 26.7 Å². The number of nitrogens with zero attached hydrogens (tertiary/aromatic N) is 6. The fraction of sp³-hybridized carbons (Fsp3) is 0.833. The average molecular weight is 348 g/mol. The molecule has 7 heteroatoms. The van der Waals surface area contributed by atoms with E-state index in [1.54, 1.807) is 0 Å². The van der Waals surface area contributed by atoms with Crippen LogP contribution in [0.1, 0.15) is 49.7 Å². The Hall–Kier alpha value is -1.47. The van der Waals surface area contributed by atoms with E-state index in [9.17, 15) is 4.79 Å². The summed E-state index contributed by atoms with van der Waals surface area (Å²) in [6.45, 7) is 5.40. The van der Waals surface area contributed by atoms with Gasteiger partial charge in [0.15, 0.2) is 0 Å². The van der Waals surface area contributed by atoms with E-state index in [0.717, 1.165) is 44.1 Å². The predicted molar refractivity (Wildman–Crippen MR) is 97.2 cm³/mol. The first kappa shape index (κ1) is 18.3. The van der Waals surface area contributed by atoms with Gasteiger partial charge in [0.25, 0.3) is 0 Å². The maximum absolute atomic E-state index is 12.2. The van der Waals surface area contributed by atoms with Gasteiger partial charge in [-0.3, -0.25) is 9.69 Å². The molecule has 0 aliphatic carbocycles. The number of rotatable bonds is 5. The highest BCUT2D eigenvalue weighted by molar-refractivity contribution is 5.78. The molecule has 1 aromatic rings. The predicted octanol–water partition coefficient (Wildman–Crippen LogP) is 1.07. The third-order valence-corrected chi connectivity index (χ3v) is 5.48. The molecule has 7 nitrogen and oxygen atoms in total. The van der Waals surface area contributed by atoms with Crippen LogP contribution in [0.15, 0.2) is 0 Å². The Morgan fingerprint density at radius 1 is 1.08 bits per heavy atom. The fourth-order valence-electron chi connectivity index (χ4n) is 3.94. The lowest BCUT2D eigenvalue weighted by Gasteiger charge is -2.32. The lowest BCUT2D eigenvalue weighted by Crippen LogP contribution is -2.42. The smallest absolute Gasteiger partial charge is 0.236 e. The van der Waals surface area contributed by atoms with Crippen molar-refractivity contribution in [3.8, 4) is 0 Å². The second-order valence-corrected chi connectivity index (χ2v) is 7.76. The zero-order valence-corrected chi connectivity index (χ0v) is 15.9. The Morgan fingerprint density at radius 2 is 1.76 bits per heavy atom. The number of carbonyl (C=O) groups is 1. The Morgan fingerprint density at radius 3 is 2.40 bits per heavy atom. The van der Waals surface area contributed by atoms with E-state index in [0.29, 0.717) is 12.5 Å². The highest BCUT2D eigenvalue weighted by Gasteiger charge is 2.27. The largest absolute Gasteiger partial charge is 0.342 e. The average Bonchev–Trinajstić information content (AvgIpc) is 2.96. The standard InChI is InChI=1S/C18H32N6O/c1-21(2)14-17(25)24-11-7-15(8-12-24)18-20-19-16(22(18)3)13-23-9-5-4-6-10-23/h15H,4-14H2,1-3H3. The molecule has 25 heavy (non-hydrogen) atoms. The molecule has 3 heterocycles. The molecule has 0 spiro atoms. The van der Waals surface area contributed by atoms with Crippen LogP contribution < -0.4 is 0 Å². The minimum absolute atomic E-state index is 0.229. The van der Waals surface area contributed by atoms with Crippen molar-refractivity contribution >= 4 is 5.91 Å². The Bertz CT molecular complexity index is 570. The molecule has 0 radical (unpaired) electrons. The molecule has 2 aliphatic rings. The summed E-state index contributed by atoms with van der Waals surface area (Å²) in [6.07, 6.45) is 5.91. The summed E-state index contributed by atoms with van der Waals surface area (Å²) >= 11 is 0. The number of aromatic nitrogens is 3. The van der Waals surface area contributed by atoms with E-state index in [-0.39, 0.29) is 5.91 Å². The maximum atomic E-state index is 12.2. The van der Waals surface area contributed by atoms with Crippen molar-refractivity contribution in [2.24, 2.45) is 7.05 Å². The first-order valence-corrected chi connectivity index (χ1v) is 9.57. The highest BCUT2D eigenvalue weighted by atomic mass is 16.2. The Kier molecular flexibility index (Phi) is 6.06. The van der Waals surface area contributed by atoms with Crippen LogP contribution in [-0.2, 0) is 18.4 Å². The molecular formula is C18H32N6O. The molecule has 2 saturated heterocycles. The summed E-state index contributed by atoms with van der Waals surface area (Å²) in [5, 5.41) is 8.96. The molecule has 0 aromatic carbocycles. The molecule has 2 aliphatic heterocycles. The Labute approximate surface area is 151 Å². The van der Waals surface area contributed by atoms with Crippen molar-refractivity contribution in [1.82, 2.24) is 29.5 Å². The molecule has 0 unspecified atom stereocenters. The summed E-state index contributed by atoms with van der Waals surface area (Å²) in [7, 11) is 5.97. The van der Waals surface area contributed by atoms with Crippen molar-refractivity contribution < 1.29 is 4.79 Å². The van der Waals surface area contributed by atoms with E-state index in [1.807, 2.05) is 23.9 Å². The van der Waals surface area contributed by atoms with Crippen molar-refractivity contribution in [2.45, 2.75) is 44.6 Å². The van der Waals surface area contributed by atoms with Crippen LogP contribution in [0, 0.1) is 0 Å². The van der Waals surface area contributed by atoms with Crippen LogP contribution in [0.3, 0.4) is 0 Å². The van der Waals surface area contributed by atoms with E-state index < -0.39 is 0 Å². The van der Waals surface area contributed by atoms with Crippen LogP contribution in [0.5, 0.6) is 0 Å². The molecule has 0 atom stereocenters. The normalized spacial score (nSPS) is 20.4. The van der Waals surface area contributed by atoms with Gasteiger partial charge in [-0.05, 0) is 52.9 Å². The quantitative estimate of drug-likeness (QED) is 0.797. The summed E-state index contributed by atoms with van der Waals surface area (Å²) < 4.78 is 2.19. The van der Waals surface area contributed by atoms with Gasteiger partial charge in [0.2, 0.25) is 5.91 Å². The molecule has 0 bridgehead atoms. The van der Waals surface area contributed by atoms with Gasteiger partial charge in [0, 0.05) is 26.1 Å². The van der Waals surface area contributed by atoms with Gasteiger partial charge in [-0.2, -0.15) is 0 Å². The van der Waals surface area contributed by atoms with Crippen LogP contribution >= 0.6 is 0 Å². The first-order chi connectivity index (χ1) is 12.0. The zero-order chi connectivity index (χ0) is 17.8. The summed E-state index contributed by atoms with van der Waals surface area (Å²) in [6, 6.07) is 0. The lowest BCUT2D eigenvalue weighted by atomic mass is 9.96. The molecule has 3 rings (SSSR count). The SMILES string of the molecule is CN(C)CC(=O)N1CCC(c2nnc(CN3CCCCC3)n2C)CC1. The van der Waals surface area contributed by atoms with Crippen molar-refractivity contribution in [2.75, 3.05) is 46.8 Å². The van der Waals surface area contributed by atoms with Crippen molar-refractivity contribution in [3.63, 3.8) is 0 Å². The number of piperidine rings is 2. The van der Waals surface area contributed by atoms with Gasteiger partial charge in [0.1, 0.15) is 11.6 Å². The second-order valence-electron chi connectivity index (χ2n) is 7.76. The number of carbonyl (C=O) groups excluding carboxylic acids is 1. The van der Waals surface area contributed by atoms with Gasteiger partial charge in [-0.15, -0.1) is 10.2 Å². The lowest BCUT2D eigenvalue weighted by molar-refractivity contribution is -0.132. The Balaban J connectivity index is 1.55. The molecule has 0 saturated carbocycles. The van der Waals surface area contributed by atoms with Crippen LogP contribution in [0.25, 0.3) is 0 Å². The number of hydrogen-bond donors (Lipinski definition) is 0. The van der Waals surface area contributed by atoms with Crippen LogP contribution in [0.2, 0.25) is 0 Å². The van der Waals surface area contributed by atoms with Gasteiger partial charge < -0.3 is 14.4 Å². The van der Waals surface area contributed by atoms with E-state index >= 15 is 0 Å². The molecule has 1 amide bonds. The zero-order valence-electron chi connectivity index (χ0n) is 15.9. The van der Waals surface area contributed by atoms with Crippen molar-refractivity contribution in [3.05, 3.63) is 11.6 Å². The summed E-state index contributed by atoms with van der Waals surface area (Å²) in [5.74, 6) is 2.80.